The van der Waals surface area contributed by atoms with Gasteiger partial charge in [-0.2, -0.15) is 13.2 Å². The minimum Gasteiger partial charge on any atom is -0.387 e. The van der Waals surface area contributed by atoms with Crippen molar-refractivity contribution in [3.63, 3.8) is 0 Å². The highest BCUT2D eigenvalue weighted by Crippen LogP contribution is 2.35. The van der Waals surface area contributed by atoms with Crippen LogP contribution >= 0.6 is 0 Å². The summed E-state index contributed by atoms with van der Waals surface area (Å²) in [4.78, 5) is 0. The van der Waals surface area contributed by atoms with Gasteiger partial charge >= 0.3 is 6.18 Å². The quantitative estimate of drug-likeness (QED) is 0.775. The zero-order valence-electron chi connectivity index (χ0n) is 8.42. The Balaban J connectivity index is 3.29. The molecule has 0 heterocycles. The fraction of sp³-hybridized carbons (Fsp3) is 0.400. The Hall–Kier alpha value is -1.14. The predicted molar refractivity (Wildman–Crippen MR) is 50.0 cm³/mol. The number of rotatable bonds is 2. The number of benzene rings is 1. The lowest BCUT2D eigenvalue weighted by Gasteiger charge is -2.20. The Morgan fingerprint density at radius 1 is 1.31 bits per heavy atom. The van der Waals surface area contributed by atoms with Gasteiger partial charge in [-0.3, -0.25) is 0 Å². The van der Waals surface area contributed by atoms with Crippen molar-refractivity contribution >= 4 is 0 Å². The smallest absolute Gasteiger partial charge is 0.387 e. The summed E-state index contributed by atoms with van der Waals surface area (Å²) in [6.07, 6.45) is -6.19. The molecule has 0 aliphatic heterocycles. The fourth-order valence-electron chi connectivity index (χ4n) is 1.32. The molecule has 0 saturated heterocycles. The first-order valence-electron chi connectivity index (χ1n) is 4.53. The molecular weight excluding hydrogens is 226 g/mol. The molecule has 0 aliphatic rings. The Morgan fingerprint density at radius 3 is 2.31 bits per heavy atom. The van der Waals surface area contributed by atoms with Gasteiger partial charge in [-0.05, 0) is 30.7 Å². The van der Waals surface area contributed by atoms with E-state index in [1.807, 2.05) is 0 Å². The average Bonchev–Trinajstić information content (AvgIpc) is 2.14. The Morgan fingerprint density at radius 2 is 1.88 bits per heavy atom. The van der Waals surface area contributed by atoms with E-state index in [-0.39, 0.29) is 0 Å². The number of halogens is 4. The first-order chi connectivity index (χ1) is 7.23. The minimum atomic E-state index is -4.64. The van der Waals surface area contributed by atoms with Crippen LogP contribution in [0.5, 0.6) is 0 Å². The molecule has 16 heavy (non-hydrogen) atoms. The van der Waals surface area contributed by atoms with Crippen molar-refractivity contribution in [2.45, 2.75) is 25.2 Å². The van der Waals surface area contributed by atoms with Crippen LogP contribution in [-0.4, -0.2) is 11.1 Å². The number of aliphatic hydroxyl groups is 1. The summed E-state index contributed by atoms with van der Waals surface area (Å²) in [5, 5.41) is 9.47. The molecule has 3 N–H and O–H groups in total. The number of alkyl halides is 3. The van der Waals surface area contributed by atoms with E-state index in [1.54, 1.807) is 0 Å². The van der Waals surface area contributed by atoms with Gasteiger partial charge in [-0.1, -0.05) is 0 Å². The summed E-state index contributed by atoms with van der Waals surface area (Å²) in [7, 11) is 0. The second-order valence-corrected chi connectivity index (χ2v) is 3.53. The van der Waals surface area contributed by atoms with Crippen molar-refractivity contribution in [1.82, 2.24) is 0 Å². The predicted octanol–water partition coefficient (Wildman–Crippen LogP) is 2.23. The lowest BCUT2D eigenvalue weighted by Crippen LogP contribution is -2.26. The van der Waals surface area contributed by atoms with Crippen LogP contribution in [0.25, 0.3) is 0 Å². The first kappa shape index (κ1) is 12.9. The molecule has 1 rings (SSSR count). The molecule has 6 heteroatoms. The molecule has 0 spiro atoms. The van der Waals surface area contributed by atoms with E-state index in [2.05, 4.69) is 0 Å². The van der Waals surface area contributed by atoms with Gasteiger partial charge in [0.1, 0.15) is 5.82 Å². The van der Waals surface area contributed by atoms with Crippen LogP contribution in [0.3, 0.4) is 0 Å². The van der Waals surface area contributed by atoms with Crippen LogP contribution in [-0.2, 0) is 6.18 Å². The van der Waals surface area contributed by atoms with E-state index < -0.39 is 35.3 Å². The van der Waals surface area contributed by atoms with Gasteiger partial charge in [0.05, 0.1) is 11.7 Å². The van der Waals surface area contributed by atoms with Crippen molar-refractivity contribution in [3.05, 3.63) is 35.1 Å². The van der Waals surface area contributed by atoms with Gasteiger partial charge in [0.25, 0.3) is 0 Å². The van der Waals surface area contributed by atoms with Crippen LogP contribution in [0.2, 0.25) is 0 Å². The highest BCUT2D eigenvalue weighted by molar-refractivity contribution is 5.32. The van der Waals surface area contributed by atoms with Crippen LogP contribution < -0.4 is 5.73 Å². The highest BCUT2D eigenvalue weighted by Gasteiger charge is 2.35. The van der Waals surface area contributed by atoms with Gasteiger partial charge in [0, 0.05) is 6.04 Å². The van der Waals surface area contributed by atoms with Gasteiger partial charge in [-0.15, -0.1) is 0 Å². The second kappa shape index (κ2) is 4.39. The number of nitrogens with two attached hydrogens (primary N) is 1. The summed E-state index contributed by atoms with van der Waals surface area (Å²) in [5.41, 5.74) is 3.68. The van der Waals surface area contributed by atoms with Crippen molar-refractivity contribution in [1.29, 1.82) is 0 Å². The monoisotopic (exact) mass is 237 g/mol. The van der Waals surface area contributed by atoms with Gasteiger partial charge in [0.2, 0.25) is 0 Å². The summed E-state index contributed by atoms with van der Waals surface area (Å²) >= 11 is 0. The van der Waals surface area contributed by atoms with E-state index >= 15 is 0 Å². The summed E-state index contributed by atoms with van der Waals surface area (Å²) in [6, 6.07) is 1.02. The first-order valence-corrected chi connectivity index (χ1v) is 4.53. The topological polar surface area (TPSA) is 46.2 Å². The molecule has 0 amide bonds. The summed E-state index contributed by atoms with van der Waals surface area (Å²) in [6.45, 7) is 1.34. The molecule has 0 bridgehead atoms. The van der Waals surface area contributed by atoms with E-state index in [0.29, 0.717) is 18.2 Å². The van der Waals surface area contributed by atoms with Crippen molar-refractivity contribution < 1.29 is 22.7 Å². The molecule has 1 aromatic rings. The normalized spacial score (nSPS) is 15.9. The summed E-state index contributed by atoms with van der Waals surface area (Å²) in [5.74, 6) is -0.845. The van der Waals surface area contributed by atoms with Gasteiger partial charge < -0.3 is 10.8 Å². The van der Waals surface area contributed by atoms with Crippen LogP contribution in [0.1, 0.15) is 24.2 Å². The zero-order valence-corrected chi connectivity index (χ0v) is 8.42. The van der Waals surface area contributed by atoms with Gasteiger partial charge in [0.15, 0.2) is 0 Å². The maximum Gasteiger partial charge on any atom is 0.416 e. The molecular formula is C10H11F4NO. The number of hydrogen-bond acceptors (Lipinski definition) is 2. The zero-order chi connectivity index (χ0) is 12.5. The minimum absolute atomic E-state index is 0.539. The van der Waals surface area contributed by atoms with E-state index in [0.717, 1.165) is 0 Å². The molecule has 0 saturated carbocycles. The van der Waals surface area contributed by atoms with Crippen LogP contribution in [0.15, 0.2) is 18.2 Å². The largest absolute Gasteiger partial charge is 0.416 e. The third-order valence-electron chi connectivity index (χ3n) is 2.14. The standard InChI is InChI=1S/C10H11F4NO/c1-5(15)9(16)7-4-6(11)2-3-8(7)10(12,13)14/h2-5,9,16H,15H2,1H3/t5-,9-/m0/s1. The Bertz CT molecular complexity index is 376. The highest BCUT2D eigenvalue weighted by atomic mass is 19.4. The van der Waals surface area contributed by atoms with Crippen molar-refractivity contribution in [3.8, 4) is 0 Å². The number of aliphatic hydroxyl groups excluding tert-OH is 1. The second-order valence-electron chi connectivity index (χ2n) is 3.53. The molecule has 0 unspecified atom stereocenters. The lowest BCUT2D eigenvalue weighted by molar-refractivity contribution is -0.139. The molecule has 0 fully saturated rings. The van der Waals surface area contributed by atoms with Crippen molar-refractivity contribution in [2.24, 2.45) is 5.73 Å². The molecule has 90 valence electrons. The van der Waals surface area contributed by atoms with Crippen LogP contribution in [0, 0.1) is 5.82 Å². The third-order valence-corrected chi connectivity index (χ3v) is 2.14. The third kappa shape index (κ3) is 2.70. The molecule has 2 atom stereocenters. The van der Waals surface area contributed by atoms with E-state index in [9.17, 15) is 22.7 Å². The van der Waals surface area contributed by atoms with Gasteiger partial charge in [-0.25, -0.2) is 4.39 Å². The molecule has 0 aliphatic carbocycles. The van der Waals surface area contributed by atoms with E-state index in [1.165, 1.54) is 6.92 Å². The van der Waals surface area contributed by atoms with Crippen molar-refractivity contribution in [2.75, 3.05) is 0 Å². The maximum absolute atomic E-state index is 12.8. The SMILES string of the molecule is C[C@H](N)[C@H](O)c1cc(F)ccc1C(F)(F)F. The molecule has 2 nitrogen and oxygen atoms in total. The molecule has 0 aromatic heterocycles. The fourth-order valence-corrected chi connectivity index (χ4v) is 1.32. The molecule has 0 radical (unpaired) electrons. The molecule has 1 aromatic carbocycles. The maximum atomic E-state index is 12.8. The lowest BCUT2D eigenvalue weighted by atomic mass is 9.98. The number of hydrogen-bond donors (Lipinski definition) is 2. The summed E-state index contributed by atoms with van der Waals surface area (Å²) < 4.78 is 50.4. The van der Waals surface area contributed by atoms with Crippen LogP contribution in [0.4, 0.5) is 17.6 Å². The Labute approximate surface area is 89.7 Å². The van der Waals surface area contributed by atoms with E-state index in [4.69, 9.17) is 5.73 Å². The Kier molecular flexibility index (Phi) is 3.54. The average molecular weight is 237 g/mol.